The molecule has 0 aliphatic heterocycles. The summed E-state index contributed by atoms with van der Waals surface area (Å²) in [5.74, 6) is -1.01. The van der Waals surface area contributed by atoms with E-state index in [2.05, 4.69) is 11.9 Å². The van der Waals surface area contributed by atoms with Gasteiger partial charge in [-0.3, -0.25) is 0 Å². The summed E-state index contributed by atoms with van der Waals surface area (Å²) in [4.78, 5) is 24.2. The molecule has 96 valence electrons. The van der Waals surface area contributed by atoms with Crippen molar-refractivity contribution in [1.82, 2.24) is 4.90 Å². The number of hydrogen-bond donors (Lipinski definition) is 2. The Bertz CT molecular complexity index is 483. The SMILES string of the molecule is C=CCN(C)C(=O)Nc1cccc(C(=O)O)c1C. The predicted octanol–water partition coefficient (Wildman–Crippen LogP) is 2.34. The molecule has 0 heterocycles. The number of amides is 2. The van der Waals surface area contributed by atoms with Crippen LogP contribution < -0.4 is 5.32 Å². The number of anilines is 1. The number of aromatic carboxylic acids is 1. The fourth-order valence-corrected chi connectivity index (χ4v) is 1.49. The second kappa shape index (κ2) is 5.86. The van der Waals surface area contributed by atoms with Crippen LogP contribution >= 0.6 is 0 Å². The van der Waals surface area contributed by atoms with Gasteiger partial charge >= 0.3 is 12.0 Å². The number of carboxylic acid groups (broad SMARTS) is 1. The fraction of sp³-hybridized carbons (Fsp3) is 0.231. The normalized spacial score (nSPS) is 9.67. The van der Waals surface area contributed by atoms with Gasteiger partial charge in [0.05, 0.1) is 5.56 Å². The molecule has 0 spiro atoms. The molecule has 0 radical (unpaired) electrons. The average molecular weight is 248 g/mol. The zero-order valence-electron chi connectivity index (χ0n) is 10.4. The van der Waals surface area contributed by atoms with E-state index < -0.39 is 5.97 Å². The van der Waals surface area contributed by atoms with Gasteiger partial charge in [0.1, 0.15) is 0 Å². The Kier molecular flexibility index (Phi) is 4.48. The molecule has 0 aliphatic rings. The van der Waals surface area contributed by atoms with Crippen molar-refractivity contribution in [3.8, 4) is 0 Å². The Hall–Kier alpha value is -2.30. The van der Waals surface area contributed by atoms with Gasteiger partial charge in [-0.15, -0.1) is 6.58 Å². The third-order valence-electron chi connectivity index (χ3n) is 2.56. The Labute approximate surface area is 106 Å². The number of benzene rings is 1. The van der Waals surface area contributed by atoms with Crippen molar-refractivity contribution in [2.24, 2.45) is 0 Å². The molecule has 0 aliphatic carbocycles. The molecule has 5 heteroatoms. The maximum Gasteiger partial charge on any atom is 0.336 e. The molecule has 0 aromatic heterocycles. The van der Waals surface area contributed by atoms with E-state index in [0.29, 0.717) is 17.8 Å². The highest BCUT2D eigenvalue weighted by atomic mass is 16.4. The molecule has 0 saturated carbocycles. The van der Waals surface area contributed by atoms with Gasteiger partial charge in [-0.05, 0) is 24.6 Å². The molecule has 18 heavy (non-hydrogen) atoms. The van der Waals surface area contributed by atoms with Gasteiger partial charge in [0, 0.05) is 19.3 Å². The first-order valence-corrected chi connectivity index (χ1v) is 5.43. The van der Waals surface area contributed by atoms with E-state index in [4.69, 9.17) is 5.11 Å². The van der Waals surface area contributed by atoms with Crippen LogP contribution in [0.2, 0.25) is 0 Å². The molecule has 2 N–H and O–H groups in total. The second-order valence-electron chi connectivity index (χ2n) is 3.88. The first kappa shape index (κ1) is 13.8. The fourth-order valence-electron chi connectivity index (χ4n) is 1.49. The van der Waals surface area contributed by atoms with Crippen LogP contribution in [0.1, 0.15) is 15.9 Å². The van der Waals surface area contributed by atoms with Gasteiger partial charge in [-0.1, -0.05) is 12.1 Å². The van der Waals surface area contributed by atoms with E-state index in [-0.39, 0.29) is 11.6 Å². The van der Waals surface area contributed by atoms with Gasteiger partial charge < -0.3 is 15.3 Å². The van der Waals surface area contributed by atoms with Crippen molar-refractivity contribution in [2.45, 2.75) is 6.92 Å². The third-order valence-corrected chi connectivity index (χ3v) is 2.56. The Morgan fingerprint density at radius 3 is 2.72 bits per heavy atom. The lowest BCUT2D eigenvalue weighted by molar-refractivity contribution is 0.0696. The minimum absolute atomic E-state index is 0.180. The molecule has 1 rings (SSSR count). The largest absolute Gasteiger partial charge is 0.478 e. The van der Waals surface area contributed by atoms with Crippen LogP contribution in [-0.2, 0) is 0 Å². The van der Waals surface area contributed by atoms with Gasteiger partial charge in [0.25, 0.3) is 0 Å². The number of rotatable bonds is 4. The van der Waals surface area contributed by atoms with E-state index >= 15 is 0 Å². The summed E-state index contributed by atoms with van der Waals surface area (Å²) in [6.45, 7) is 5.63. The Morgan fingerprint density at radius 2 is 2.17 bits per heavy atom. The van der Waals surface area contributed by atoms with Gasteiger partial charge in [0.2, 0.25) is 0 Å². The van der Waals surface area contributed by atoms with Crippen LogP contribution in [0.3, 0.4) is 0 Å². The number of likely N-dealkylation sites (N-methyl/N-ethyl adjacent to an activating group) is 1. The van der Waals surface area contributed by atoms with Gasteiger partial charge in [-0.25, -0.2) is 9.59 Å². The van der Waals surface area contributed by atoms with Crippen molar-refractivity contribution >= 4 is 17.7 Å². The first-order chi connectivity index (χ1) is 8.47. The highest BCUT2D eigenvalue weighted by Gasteiger charge is 2.13. The van der Waals surface area contributed by atoms with Crippen LogP contribution in [0.5, 0.6) is 0 Å². The van der Waals surface area contributed by atoms with Gasteiger partial charge in [0.15, 0.2) is 0 Å². The van der Waals surface area contributed by atoms with Crippen molar-refractivity contribution in [2.75, 3.05) is 18.9 Å². The summed E-state index contributed by atoms with van der Waals surface area (Å²) >= 11 is 0. The van der Waals surface area contributed by atoms with Crippen LogP contribution in [0.4, 0.5) is 10.5 Å². The number of hydrogen-bond acceptors (Lipinski definition) is 2. The van der Waals surface area contributed by atoms with Crippen molar-refractivity contribution in [3.05, 3.63) is 42.0 Å². The smallest absolute Gasteiger partial charge is 0.336 e. The predicted molar refractivity (Wildman–Crippen MR) is 70.0 cm³/mol. The molecule has 0 bridgehead atoms. The number of nitrogens with one attached hydrogen (secondary N) is 1. The minimum atomic E-state index is -1.01. The van der Waals surface area contributed by atoms with Crippen molar-refractivity contribution in [1.29, 1.82) is 0 Å². The molecular formula is C13H16N2O3. The van der Waals surface area contributed by atoms with E-state index in [0.717, 1.165) is 0 Å². The van der Waals surface area contributed by atoms with E-state index in [1.807, 2.05) is 0 Å². The summed E-state index contributed by atoms with van der Waals surface area (Å²) in [6, 6.07) is 4.46. The number of carboxylic acids is 1. The molecule has 1 aromatic carbocycles. The summed E-state index contributed by atoms with van der Waals surface area (Å²) in [5.41, 5.74) is 1.21. The molecule has 2 amide bonds. The standard InChI is InChI=1S/C13H16N2O3/c1-4-8-15(3)13(18)14-11-7-5-6-10(9(11)2)12(16)17/h4-7H,1,8H2,2-3H3,(H,14,18)(H,16,17). The average Bonchev–Trinajstić information content (AvgIpc) is 2.31. The quantitative estimate of drug-likeness (QED) is 0.803. The van der Waals surface area contributed by atoms with E-state index in [9.17, 15) is 9.59 Å². The molecule has 0 saturated heterocycles. The van der Waals surface area contributed by atoms with E-state index in [1.54, 1.807) is 32.2 Å². The number of nitrogens with zero attached hydrogens (tertiary/aromatic N) is 1. The maximum absolute atomic E-state index is 11.8. The topological polar surface area (TPSA) is 69.6 Å². The number of urea groups is 1. The van der Waals surface area contributed by atoms with E-state index in [1.165, 1.54) is 11.0 Å². The van der Waals surface area contributed by atoms with Crippen molar-refractivity contribution < 1.29 is 14.7 Å². The molecule has 0 unspecified atom stereocenters. The summed E-state index contributed by atoms with van der Waals surface area (Å²) < 4.78 is 0. The zero-order valence-corrected chi connectivity index (χ0v) is 10.4. The summed E-state index contributed by atoms with van der Waals surface area (Å²) in [5, 5.41) is 11.6. The first-order valence-electron chi connectivity index (χ1n) is 5.43. The highest BCUT2D eigenvalue weighted by Crippen LogP contribution is 2.19. The van der Waals surface area contributed by atoms with Crippen LogP contribution in [-0.4, -0.2) is 35.6 Å². The number of carbonyl (C=O) groups excluding carboxylic acids is 1. The highest BCUT2D eigenvalue weighted by molar-refractivity contribution is 5.95. The summed E-state index contributed by atoms with van der Waals surface area (Å²) in [6.07, 6.45) is 1.61. The lowest BCUT2D eigenvalue weighted by Gasteiger charge is -2.17. The van der Waals surface area contributed by atoms with Crippen molar-refractivity contribution in [3.63, 3.8) is 0 Å². The second-order valence-corrected chi connectivity index (χ2v) is 3.88. The minimum Gasteiger partial charge on any atom is -0.478 e. The molecule has 0 fully saturated rings. The van der Waals surface area contributed by atoms with Crippen LogP contribution in [0.15, 0.2) is 30.9 Å². The molecular weight excluding hydrogens is 232 g/mol. The Balaban J connectivity index is 2.92. The van der Waals surface area contributed by atoms with Crippen LogP contribution in [0.25, 0.3) is 0 Å². The molecule has 0 atom stereocenters. The summed E-state index contributed by atoms with van der Waals surface area (Å²) in [7, 11) is 1.63. The lowest BCUT2D eigenvalue weighted by atomic mass is 10.1. The monoisotopic (exact) mass is 248 g/mol. The molecule has 1 aromatic rings. The lowest BCUT2D eigenvalue weighted by Crippen LogP contribution is -2.31. The number of carbonyl (C=O) groups is 2. The third kappa shape index (κ3) is 3.10. The zero-order chi connectivity index (χ0) is 13.7. The molecule has 5 nitrogen and oxygen atoms in total. The van der Waals surface area contributed by atoms with Gasteiger partial charge in [-0.2, -0.15) is 0 Å². The Morgan fingerprint density at radius 1 is 1.50 bits per heavy atom. The maximum atomic E-state index is 11.8. The van der Waals surface area contributed by atoms with Crippen LogP contribution in [0, 0.1) is 6.92 Å².